The van der Waals surface area contributed by atoms with E-state index in [1.807, 2.05) is 0 Å². The normalized spacial score (nSPS) is 19.1. The number of sulfonamides is 1. The van der Waals surface area contributed by atoms with Crippen LogP contribution in [0.4, 0.5) is 10.1 Å². The lowest BCUT2D eigenvalue weighted by Gasteiger charge is -2.18. The van der Waals surface area contributed by atoms with Crippen molar-refractivity contribution in [1.82, 2.24) is 4.31 Å². The van der Waals surface area contributed by atoms with Gasteiger partial charge in [-0.3, -0.25) is 4.79 Å². The number of anilines is 1. The lowest BCUT2D eigenvalue weighted by molar-refractivity contribution is -0.117. The number of hydrogen-bond acceptors (Lipinski definition) is 3. The van der Waals surface area contributed by atoms with E-state index in [9.17, 15) is 17.6 Å². The van der Waals surface area contributed by atoms with Crippen molar-refractivity contribution in [2.24, 2.45) is 5.92 Å². The van der Waals surface area contributed by atoms with Crippen molar-refractivity contribution in [2.75, 3.05) is 18.4 Å². The van der Waals surface area contributed by atoms with E-state index in [-0.39, 0.29) is 28.5 Å². The molecule has 1 N–H and O–H groups in total. The minimum atomic E-state index is -3.51. The molecule has 0 bridgehead atoms. The van der Waals surface area contributed by atoms with E-state index in [0.29, 0.717) is 18.8 Å². The van der Waals surface area contributed by atoms with E-state index in [1.165, 1.54) is 28.6 Å². The predicted molar refractivity (Wildman–Crippen MR) is 102 cm³/mol. The van der Waals surface area contributed by atoms with Gasteiger partial charge in [-0.15, -0.1) is 0 Å². The Morgan fingerprint density at radius 3 is 2.22 bits per heavy atom. The van der Waals surface area contributed by atoms with Crippen LogP contribution in [0.3, 0.4) is 0 Å². The van der Waals surface area contributed by atoms with Gasteiger partial charge in [0.05, 0.1) is 4.90 Å². The minimum absolute atomic E-state index is 0.105. The third-order valence-electron chi connectivity index (χ3n) is 4.89. The van der Waals surface area contributed by atoms with Crippen molar-refractivity contribution in [3.05, 3.63) is 59.9 Å². The quantitative estimate of drug-likeness (QED) is 0.786. The van der Waals surface area contributed by atoms with Gasteiger partial charge in [-0.05, 0) is 54.3 Å². The molecule has 27 heavy (non-hydrogen) atoms. The highest BCUT2D eigenvalue weighted by molar-refractivity contribution is 7.89. The van der Waals surface area contributed by atoms with Gasteiger partial charge < -0.3 is 5.32 Å². The minimum Gasteiger partial charge on any atom is -0.326 e. The predicted octanol–water partition coefficient (Wildman–Crippen LogP) is 3.60. The van der Waals surface area contributed by atoms with Crippen molar-refractivity contribution in [2.45, 2.75) is 31.1 Å². The van der Waals surface area contributed by atoms with Crippen molar-refractivity contribution >= 4 is 21.6 Å². The molecule has 2 unspecified atom stereocenters. The summed E-state index contributed by atoms with van der Waals surface area (Å²) in [5, 5.41) is 2.83. The number of amides is 1. The molecule has 1 aliphatic rings. The van der Waals surface area contributed by atoms with Crippen LogP contribution in [0.15, 0.2) is 53.4 Å². The number of halogens is 1. The van der Waals surface area contributed by atoms with E-state index in [1.54, 1.807) is 38.1 Å². The van der Waals surface area contributed by atoms with Gasteiger partial charge in [0, 0.05) is 24.7 Å². The number of rotatable bonds is 7. The average Bonchev–Trinajstić information content (AvgIpc) is 3.44. The molecule has 1 amide bonds. The number of carbonyl (C=O) groups excluding carboxylic acids is 1. The third kappa shape index (κ3) is 4.20. The Morgan fingerprint density at radius 2 is 1.67 bits per heavy atom. The number of benzene rings is 2. The van der Waals surface area contributed by atoms with Gasteiger partial charge in [-0.1, -0.05) is 26.0 Å². The van der Waals surface area contributed by atoms with Gasteiger partial charge in [0.1, 0.15) is 5.82 Å². The van der Waals surface area contributed by atoms with E-state index in [2.05, 4.69) is 5.32 Å². The zero-order valence-electron chi connectivity index (χ0n) is 15.4. The Balaban J connectivity index is 1.64. The molecule has 0 heterocycles. The molecular weight excluding hydrogens is 367 g/mol. The number of carbonyl (C=O) groups is 1. The second kappa shape index (κ2) is 7.78. The Kier molecular flexibility index (Phi) is 5.62. The molecule has 3 rings (SSSR count). The standard InChI is InChI=1S/C20H23FN2O3S/c1-3-23(4-2)27(25,26)17-11-9-16(10-12-17)22-20(24)19-13-18(19)14-5-7-15(21)8-6-14/h5-12,18-19H,3-4,13H2,1-2H3,(H,22,24). The zero-order chi connectivity index (χ0) is 19.6. The molecule has 1 fully saturated rings. The molecule has 0 aliphatic heterocycles. The Bertz CT molecular complexity index is 907. The van der Waals surface area contributed by atoms with Gasteiger partial charge in [0.2, 0.25) is 15.9 Å². The first-order valence-corrected chi connectivity index (χ1v) is 10.5. The molecule has 0 saturated heterocycles. The second-order valence-electron chi connectivity index (χ2n) is 6.60. The third-order valence-corrected chi connectivity index (χ3v) is 6.95. The molecule has 1 saturated carbocycles. The summed E-state index contributed by atoms with van der Waals surface area (Å²) in [5.41, 5.74) is 1.51. The molecule has 5 nitrogen and oxygen atoms in total. The van der Waals surface area contributed by atoms with Gasteiger partial charge in [0.25, 0.3) is 0 Å². The molecule has 2 atom stereocenters. The van der Waals surface area contributed by atoms with Crippen LogP contribution in [0, 0.1) is 11.7 Å². The first kappa shape index (κ1) is 19.5. The summed E-state index contributed by atoms with van der Waals surface area (Å²) in [5.74, 6) is -0.439. The molecule has 2 aromatic rings. The summed E-state index contributed by atoms with van der Waals surface area (Å²) < 4.78 is 39.4. The summed E-state index contributed by atoms with van der Waals surface area (Å²) in [6, 6.07) is 12.4. The molecule has 7 heteroatoms. The number of nitrogens with one attached hydrogen (secondary N) is 1. The smallest absolute Gasteiger partial charge is 0.243 e. The largest absolute Gasteiger partial charge is 0.326 e. The maximum atomic E-state index is 13.0. The molecule has 2 aromatic carbocycles. The van der Waals surface area contributed by atoms with Crippen molar-refractivity contribution in [3.8, 4) is 0 Å². The summed E-state index contributed by atoms with van der Waals surface area (Å²) in [6.07, 6.45) is 0.728. The van der Waals surface area contributed by atoms with Crippen molar-refractivity contribution in [1.29, 1.82) is 0 Å². The molecule has 0 aromatic heterocycles. The van der Waals surface area contributed by atoms with E-state index in [0.717, 1.165) is 12.0 Å². The topological polar surface area (TPSA) is 66.5 Å². The van der Waals surface area contributed by atoms with E-state index in [4.69, 9.17) is 0 Å². The number of hydrogen-bond donors (Lipinski definition) is 1. The Labute approximate surface area is 159 Å². The highest BCUT2D eigenvalue weighted by atomic mass is 32.2. The lowest BCUT2D eigenvalue weighted by atomic mass is 10.1. The average molecular weight is 390 g/mol. The molecule has 0 radical (unpaired) electrons. The van der Waals surface area contributed by atoms with Gasteiger partial charge >= 0.3 is 0 Å². The van der Waals surface area contributed by atoms with Crippen LogP contribution < -0.4 is 5.32 Å². The maximum absolute atomic E-state index is 13.0. The Morgan fingerprint density at radius 1 is 1.07 bits per heavy atom. The molecule has 0 spiro atoms. The first-order valence-electron chi connectivity index (χ1n) is 9.03. The molecule has 1 aliphatic carbocycles. The fraction of sp³-hybridized carbons (Fsp3) is 0.350. The second-order valence-corrected chi connectivity index (χ2v) is 8.54. The fourth-order valence-corrected chi connectivity index (χ4v) is 4.68. The van der Waals surface area contributed by atoms with Crippen LogP contribution in [0.2, 0.25) is 0 Å². The number of nitrogens with zero attached hydrogens (tertiary/aromatic N) is 1. The van der Waals surface area contributed by atoms with Crippen LogP contribution in [0.5, 0.6) is 0 Å². The van der Waals surface area contributed by atoms with Gasteiger partial charge in [-0.25, -0.2) is 12.8 Å². The first-order chi connectivity index (χ1) is 12.9. The van der Waals surface area contributed by atoms with Crippen molar-refractivity contribution in [3.63, 3.8) is 0 Å². The SMILES string of the molecule is CCN(CC)S(=O)(=O)c1ccc(NC(=O)C2CC2c2ccc(F)cc2)cc1. The van der Waals surface area contributed by atoms with Crippen LogP contribution >= 0.6 is 0 Å². The van der Waals surface area contributed by atoms with Crippen molar-refractivity contribution < 1.29 is 17.6 Å². The molecule has 144 valence electrons. The van der Waals surface area contributed by atoms with Gasteiger partial charge in [-0.2, -0.15) is 4.31 Å². The van der Waals surface area contributed by atoms with Gasteiger partial charge in [0.15, 0.2) is 0 Å². The summed E-state index contributed by atoms with van der Waals surface area (Å²) in [6.45, 7) is 4.40. The summed E-state index contributed by atoms with van der Waals surface area (Å²) in [4.78, 5) is 12.6. The highest BCUT2D eigenvalue weighted by Crippen LogP contribution is 2.48. The maximum Gasteiger partial charge on any atom is 0.243 e. The Hall–Kier alpha value is -2.25. The van der Waals surface area contributed by atoms with Crippen LogP contribution in [0.25, 0.3) is 0 Å². The highest BCUT2D eigenvalue weighted by Gasteiger charge is 2.43. The van der Waals surface area contributed by atoms with E-state index >= 15 is 0 Å². The summed E-state index contributed by atoms with van der Waals surface area (Å²) >= 11 is 0. The van der Waals surface area contributed by atoms with Crippen LogP contribution in [-0.2, 0) is 14.8 Å². The fourth-order valence-electron chi connectivity index (χ4n) is 3.22. The van der Waals surface area contributed by atoms with E-state index < -0.39 is 10.0 Å². The van der Waals surface area contributed by atoms with Crippen LogP contribution in [0.1, 0.15) is 31.7 Å². The lowest BCUT2D eigenvalue weighted by Crippen LogP contribution is -2.30. The molecular formula is C20H23FN2O3S. The summed E-state index contributed by atoms with van der Waals surface area (Å²) in [7, 11) is -3.51. The van der Waals surface area contributed by atoms with Crippen LogP contribution in [-0.4, -0.2) is 31.7 Å². The monoisotopic (exact) mass is 390 g/mol. The zero-order valence-corrected chi connectivity index (χ0v) is 16.2.